The largest absolute Gasteiger partial charge is 0.482 e. The summed E-state index contributed by atoms with van der Waals surface area (Å²) in [5.41, 5.74) is 2.60. The molecule has 0 atom stereocenters. The van der Waals surface area contributed by atoms with Crippen molar-refractivity contribution in [2.75, 3.05) is 23.9 Å². The molecule has 4 rings (SSSR count). The van der Waals surface area contributed by atoms with Crippen molar-refractivity contribution in [3.63, 3.8) is 0 Å². The highest BCUT2D eigenvalue weighted by Gasteiger charge is 2.26. The summed E-state index contributed by atoms with van der Waals surface area (Å²) < 4.78 is 10.3. The lowest BCUT2D eigenvalue weighted by molar-refractivity contribution is -0.384. The quantitative estimate of drug-likeness (QED) is 0.231. The Morgan fingerprint density at radius 1 is 1.14 bits per heavy atom. The second kappa shape index (κ2) is 10.5. The number of ether oxygens (including phenoxy) is 2. The minimum atomic E-state index is -0.496. The molecule has 1 aliphatic heterocycles. The fourth-order valence-electron chi connectivity index (χ4n) is 3.61. The van der Waals surface area contributed by atoms with Gasteiger partial charge in [0.15, 0.2) is 6.61 Å². The summed E-state index contributed by atoms with van der Waals surface area (Å²) in [6.07, 6.45) is 2.84. The van der Waals surface area contributed by atoms with Crippen LogP contribution in [0.4, 0.5) is 17.1 Å². The van der Waals surface area contributed by atoms with E-state index in [1.807, 2.05) is 0 Å². The molecule has 0 unspecified atom stereocenters. The second-order valence-electron chi connectivity index (χ2n) is 7.81. The summed E-state index contributed by atoms with van der Waals surface area (Å²) in [7, 11) is 1.30. The maximum atomic E-state index is 12.7. The number of methoxy groups -OCH3 is 1. The topological polar surface area (TPSA) is 128 Å². The zero-order valence-corrected chi connectivity index (χ0v) is 19.2. The van der Waals surface area contributed by atoms with E-state index in [0.29, 0.717) is 28.3 Å². The zero-order chi connectivity index (χ0) is 25.7. The maximum absolute atomic E-state index is 12.7. The van der Waals surface area contributed by atoms with Gasteiger partial charge in [0, 0.05) is 23.9 Å². The predicted molar refractivity (Wildman–Crippen MR) is 132 cm³/mol. The van der Waals surface area contributed by atoms with Gasteiger partial charge < -0.3 is 19.7 Å². The van der Waals surface area contributed by atoms with Gasteiger partial charge in [-0.25, -0.2) is 4.79 Å². The van der Waals surface area contributed by atoms with Crippen molar-refractivity contribution < 1.29 is 28.8 Å². The SMILES string of the molecule is COC(=O)c1cccc(CN2C(=O)COc3ccc(NC(=O)/C=C/c4ccc([N+](=O)[O-])cc4)cc32)c1. The number of carbonyl (C=O) groups excluding carboxylic acids is 3. The molecule has 10 heteroatoms. The molecule has 2 amide bonds. The van der Waals surface area contributed by atoms with Crippen LogP contribution in [0.1, 0.15) is 21.5 Å². The minimum Gasteiger partial charge on any atom is -0.482 e. The highest BCUT2D eigenvalue weighted by Crippen LogP contribution is 2.35. The van der Waals surface area contributed by atoms with Crippen LogP contribution in [-0.4, -0.2) is 36.4 Å². The Morgan fingerprint density at radius 3 is 2.64 bits per heavy atom. The predicted octanol–water partition coefficient (Wildman–Crippen LogP) is 3.96. The van der Waals surface area contributed by atoms with Gasteiger partial charge in [0.2, 0.25) is 5.91 Å². The summed E-state index contributed by atoms with van der Waals surface area (Å²) in [4.78, 5) is 48.7. The molecular weight excluding hydrogens is 466 g/mol. The van der Waals surface area contributed by atoms with E-state index in [4.69, 9.17) is 9.47 Å². The van der Waals surface area contributed by atoms with Crippen molar-refractivity contribution in [2.24, 2.45) is 0 Å². The van der Waals surface area contributed by atoms with Crippen molar-refractivity contribution in [2.45, 2.75) is 6.54 Å². The van der Waals surface area contributed by atoms with Crippen LogP contribution in [0.25, 0.3) is 6.08 Å². The van der Waals surface area contributed by atoms with Crippen LogP contribution in [0.2, 0.25) is 0 Å². The molecule has 0 saturated heterocycles. The lowest BCUT2D eigenvalue weighted by atomic mass is 10.1. The summed E-state index contributed by atoms with van der Waals surface area (Å²) >= 11 is 0. The van der Waals surface area contributed by atoms with E-state index >= 15 is 0 Å². The molecule has 182 valence electrons. The number of carbonyl (C=O) groups is 3. The number of hydrogen-bond acceptors (Lipinski definition) is 7. The van der Waals surface area contributed by atoms with E-state index in [0.717, 1.165) is 5.56 Å². The summed E-state index contributed by atoms with van der Waals surface area (Å²) in [6.45, 7) is 0.0604. The van der Waals surface area contributed by atoms with Crippen molar-refractivity contribution in [1.29, 1.82) is 0 Å². The normalized spacial score (nSPS) is 12.6. The van der Waals surface area contributed by atoms with Crippen molar-refractivity contribution >= 4 is 40.9 Å². The van der Waals surface area contributed by atoms with E-state index in [1.54, 1.807) is 42.5 Å². The first kappa shape index (κ1) is 24.1. The van der Waals surface area contributed by atoms with Gasteiger partial charge >= 0.3 is 5.97 Å². The Labute approximate surface area is 205 Å². The Bertz CT molecular complexity index is 1370. The number of amides is 2. The number of nitrogens with one attached hydrogen (secondary N) is 1. The molecule has 0 radical (unpaired) electrons. The van der Waals surface area contributed by atoms with Gasteiger partial charge in [-0.3, -0.25) is 19.7 Å². The number of nitrogens with zero attached hydrogens (tertiary/aromatic N) is 2. The molecule has 0 aromatic heterocycles. The van der Waals surface area contributed by atoms with Crippen molar-refractivity contribution in [1.82, 2.24) is 0 Å². The average Bonchev–Trinajstić information content (AvgIpc) is 2.89. The molecule has 1 N–H and O–H groups in total. The Balaban J connectivity index is 1.50. The van der Waals surface area contributed by atoms with Gasteiger partial charge in [-0.15, -0.1) is 0 Å². The maximum Gasteiger partial charge on any atom is 0.337 e. The second-order valence-corrected chi connectivity index (χ2v) is 7.81. The van der Waals surface area contributed by atoms with Gasteiger partial charge in [0.25, 0.3) is 11.6 Å². The molecule has 10 nitrogen and oxygen atoms in total. The van der Waals surface area contributed by atoms with Gasteiger partial charge in [-0.2, -0.15) is 0 Å². The summed E-state index contributed by atoms with van der Waals surface area (Å²) in [5.74, 6) is -0.684. The number of nitro benzene ring substituents is 1. The number of nitro groups is 1. The minimum absolute atomic E-state index is 0.0380. The molecule has 0 saturated carbocycles. The number of rotatable bonds is 7. The molecule has 3 aromatic carbocycles. The smallest absolute Gasteiger partial charge is 0.337 e. The zero-order valence-electron chi connectivity index (χ0n) is 19.2. The first-order valence-corrected chi connectivity index (χ1v) is 10.8. The van der Waals surface area contributed by atoms with Gasteiger partial charge in [0.1, 0.15) is 5.75 Å². The Kier molecular flexibility index (Phi) is 7.05. The molecule has 1 aliphatic rings. The van der Waals surface area contributed by atoms with E-state index in [1.165, 1.54) is 48.4 Å². The molecule has 0 aliphatic carbocycles. The van der Waals surface area contributed by atoms with Gasteiger partial charge in [-0.1, -0.05) is 12.1 Å². The molecule has 3 aromatic rings. The van der Waals surface area contributed by atoms with Crippen LogP contribution < -0.4 is 15.0 Å². The average molecular weight is 487 g/mol. The van der Waals surface area contributed by atoms with E-state index < -0.39 is 16.8 Å². The lowest BCUT2D eigenvalue weighted by Crippen LogP contribution is -2.38. The van der Waals surface area contributed by atoms with Crippen LogP contribution >= 0.6 is 0 Å². The van der Waals surface area contributed by atoms with Crippen LogP contribution in [0.3, 0.4) is 0 Å². The highest BCUT2D eigenvalue weighted by molar-refractivity contribution is 6.03. The standard InChI is InChI=1S/C26H21N3O7/c1-35-26(32)19-4-2-3-18(13-19)15-28-22-14-20(8-11-23(22)36-16-25(28)31)27-24(30)12-7-17-5-9-21(10-6-17)29(33)34/h2-14H,15-16H2,1H3,(H,27,30)/b12-7+. The molecule has 1 heterocycles. The van der Waals surface area contributed by atoms with Crippen LogP contribution in [0.15, 0.2) is 72.8 Å². The first-order valence-electron chi connectivity index (χ1n) is 10.8. The van der Waals surface area contributed by atoms with E-state index in [2.05, 4.69) is 5.32 Å². The van der Waals surface area contributed by atoms with E-state index in [-0.39, 0.29) is 24.7 Å². The van der Waals surface area contributed by atoms with Crippen molar-refractivity contribution in [3.8, 4) is 5.75 Å². The monoisotopic (exact) mass is 487 g/mol. The Hall–Kier alpha value is -4.99. The molecule has 36 heavy (non-hydrogen) atoms. The Morgan fingerprint density at radius 2 is 1.92 bits per heavy atom. The number of non-ortho nitro benzene ring substituents is 1. The highest BCUT2D eigenvalue weighted by atomic mass is 16.6. The summed E-state index contributed by atoms with van der Waals surface area (Å²) in [6, 6.07) is 17.5. The number of anilines is 2. The number of fused-ring (bicyclic) bond motifs is 1. The number of benzene rings is 3. The molecule has 0 spiro atoms. The fourth-order valence-corrected chi connectivity index (χ4v) is 3.61. The number of hydrogen-bond donors (Lipinski definition) is 1. The lowest BCUT2D eigenvalue weighted by Gasteiger charge is -2.30. The third-order valence-corrected chi connectivity index (χ3v) is 5.39. The van der Waals surface area contributed by atoms with Gasteiger partial charge in [0.05, 0.1) is 29.8 Å². The molecule has 0 fully saturated rings. The van der Waals surface area contributed by atoms with Crippen LogP contribution in [0.5, 0.6) is 5.75 Å². The van der Waals surface area contributed by atoms with E-state index in [9.17, 15) is 24.5 Å². The summed E-state index contributed by atoms with van der Waals surface area (Å²) in [5, 5.41) is 13.5. The van der Waals surface area contributed by atoms with Crippen LogP contribution in [0, 0.1) is 10.1 Å². The van der Waals surface area contributed by atoms with Gasteiger partial charge in [-0.05, 0) is 59.7 Å². The van der Waals surface area contributed by atoms with Crippen molar-refractivity contribution in [3.05, 3.63) is 99.6 Å². The first-order chi connectivity index (χ1) is 17.3. The third kappa shape index (κ3) is 5.55. The molecular formula is C26H21N3O7. The third-order valence-electron chi connectivity index (χ3n) is 5.39. The van der Waals surface area contributed by atoms with Crippen LogP contribution in [-0.2, 0) is 20.9 Å². The number of esters is 1. The fraction of sp³-hybridized carbons (Fsp3) is 0.115. The molecule has 0 bridgehead atoms.